The summed E-state index contributed by atoms with van der Waals surface area (Å²) in [6.07, 6.45) is 3.76. The lowest BCUT2D eigenvalue weighted by molar-refractivity contribution is 0.121. The Kier molecular flexibility index (Phi) is 5.22. The van der Waals surface area contributed by atoms with E-state index in [1.807, 2.05) is 0 Å². The van der Waals surface area contributed by atoms with Gasteiger partial charge in [-0.2, -0.15) is 0 Å². The Morgan fingerprint density at radius 1 is 1.44 bits per heavy atom. The van der Waals surface area contributed by atoms with E-state index in [4.69, 9.17) is 5.73 Å². The lowest BCUT2D eigenvalue weighted by Gasteiger charge is -2.38. The van der Waals surface area contributed by atoms with Gasteiger partial charge >= 0.3 is 0 Å². The third kappa shape index (κ3) is 2.96. The first-order valence-electron chi connectivity index (χ1n) is 6.71. The van der Waals surface area contributed by atoms with Gasteiger partial charge in [-0.15, -0.1) is 0 Å². The molecule has 0 saturated carbocycles. The fourth-order valence-electron chi connectivity index (χ4n) is 2.60. The molecule has 1 aliphatic rings. The van der Waals surface area contributed by atoms with E-state index in [9.17, 15) is 0 Å². The minimum atomic E-state index is 0.236. The predicted molar refractivity (Wildman–Crippen MR) is 70.6 cm³/mol. The van der Waals surface area contributed by atoms with Crippen LogP contribution in [0.5, 0.6) is 0 Å². The molecule has 0 aromatic heterocycles. The third-order valence-corrected chi connectivity index (χ3v) is 4.13. The average molecular weight is 227 g/mol. The van der Waals surface area contributed by atoms with Crippen molar-refractivity contribution in [3.63, 3.8) is 0 Å². The van der Waals surface area contributed by atoms with Crippen LogP contribution >= 0.6 is 0 Å². The van der Waals surface area contributed by atoms with Gasteiger partial charge < -0.3 is 5.73 Å². The molecule has 0 spiro atoms. The number of likely N-dealkylation sites (N-methyl/N-ethyl adjacent to an activating group) is 1. The van der Waals surface area contributed by atoms with E-state index in [1.54, 1.807) is 0 Å². The maximum atomic E-state index is 6.04. The summed E-state index contributed by atoms with van der Waals surface area (Å²) in [7, 11) is 2.24. The molecule has 0 aromatic rings. The van der Waals surface area contributed by atoms with Crippen molar-refractivity contribution < 1.29 is 0 Å². The standard InChI is InChI=1S/C13H29N3/c1-5-6-8-15(4)13(10-14)7-9-16(11-13)12(2)3/h12H,5-11,14H2,1-4H3. The normalized spacial score (nSPS) is 27.2. The summed E-state index contributed by atoms with van der Waals surface area (Å²) < 4.78 is 0. The van der Waals surface area contributed by atoms with Gasteiger partial charge in [-0.05, 0) is 40.3 Å². The van der Waals surface area contributed by atoms with Crippen LogP contribution in [-0.4, -0.2) is 54.6 Å². The van der Waals surface area contributed by atoms with Crippen molar-refractivity contribution in [1.29, 1.82) is 0 Å². The fourth-order valence-corrected chi connectivity index (χ4v) is 2.60. The van der Waals surface area contributed by atoms with Crippen LogP contribution < -0.4 is 5.73 Å². The largest absolute Gasteiger partial charge is 0.329 e. The zero-order chi connectivity index (χ0) is 12.2. The molecule has 1 saturated heterocycles. The Labute approximate surface area is 101 Å². The highest BCUT2D eigenvalue weighted by Gasteiger charge is 2.40. The number of unbranched alkanes of at least 4 members (excludes halogenated alkanes) is 1. The van der Waals surface area contributed by atoms with E-state index < -0.39 is 0 Å². The zero-order valence-electron chi connectivity index (χ0n) is 11.5. The number of likely N-dealkylation sites (tertiary alicyclic amines) is 1. The molecule has 1 atom stereocenters. The topological polar surface area (TPSA) is 32.5 Å². The van der Waals surface area contributed by atoms with E-state index in [2.05, 4.69) is 37.6 Å². The highest BCUT2D eigenvalue weighted by atomic mass is 15.3. The molecule has 0 aromatic carbocycles. The van der Waals surface area contributed by atoms with Gasteiger partial charge in [0, 0.05) is 31.2 Å². The summed E-state index contributed by atoms with van der Waals surface area (Å²) in [4.78, 5) is 5.05. The molecule has 0 amide bonds. The molecule has 1 heterocycles. The van der Waals surface area contributed by atoms with Gasteiger partial charge in [-0.1, -0.05) is 13.3 Å². The van der Waals surface area contributed by atoms with Crippen LogP contribution in [0, 0.1) is 0 Å². The lowest BCUT2D eigenvalue weighted by atomic mass is 9.96. The van der Waals surface area contributed by atoms with Crippen LogP contribution in [0.3, 0.4) is 0 Å². The molecule has 0 aliphatic carbocycles. The van der Waals surface area contributed by atoms with Gasteiger partial charge in [-0.25, -0.2) is 0 Å². The Morgan fingerprint density at radius 2 is 2.12 bits per heavy atom. The Bertz CT molecular complexity index is 205. The van der Waals surface area contributed by atoms with E-state index >= 15 is 0 Å². The predicted octanol–water partition coefficient (Wildman–Crippen LogP) is 1.53. The molecule has 96 valence electrons. The van der Waals surface area contributed by atoms with E-state index in [0.717, 1.165) is 13.1 Å². The maximum absolute atomic E-state index is 6.04. The summed E-state index contributed by atoms with van der Waals surface area (Å²) in [5, 5.41) is 0. The van der Waals surface area contributed by atoms with Gasteiger partial charge in [0.2, 0.25) is 0 Å². The number of rotatable bonds is 6. The first-order chi connectivity index (χ1) is 7.55. The van der Waals surface area contributed by atoms with Crippen molar-refractivity contribution in [3.05, 3.63) is 0 Å². The monoisotopic (exact) mass is 227 g/mol. The molecular formula is C13H29N3. The summed E-state index contributed by atoms with van der Waals surface area (Å²) in [5.41, 5.74) is 6.27. The van der Waals surface area contributed by atoms with Crippen molar-refractivity contribution in [1.82, 2.24) is 9.80 Å². The highest BCUT2D eigenvalue weighted by molar-refractivity contribution is 4.99. The molecule has 1 rings (SSSR count). The molecule has 1 unspecified atom stereocenters. The SMILES string of the molecule is CCCCN(C)C1(CN)CCN(C(C)C)C1. The second kappa shape index (κ2) is 5.99. The summed E-state index contributed by atoms with van der Waals surface area (Å²) in [6.45, 7) is 11.1. The van der Waals surface area contributed by atoms with Crippen LogP contribution in [-0.2, 0) is 0 Å². The van der Waals surface area contributed by atoms with Gasteiger partial charge in [0.15, 0.2) is 0 Å². The Morgan fingerprint density at radius 3 is 2.56 bits per heavy atom. The quantitative estimate of drug-likeness (QED) is 0.747. The maximum Gasteiger partial charge on any atom is 0.0467 e. The van der Waals surface area contributed by atoms with Gasteiger partial charge in [0.25, 0.3) is 0 Å². The number of hydrogen-bond donors (Lipinski definition) is 1. The second-order valence-electron chi connectivity index (χ2n) is 5.52. The van der Waals surface area contributed by atoms with Gasteiger partial charge in [0.05, 0.1) is 0 Å². The molecule has 2 N–H and O–H groups in total. The van der Waals surface area contributed by atoms with Crippen LogP contribution in [0.4, 0.5) is 0 Å². The number of nitrogens with two attached hydrogens (primary N) is 1. The summed E-state index contributed by atoms with van der Waals surface area (Å²) >= 11 is 0. The molecule has 16 heavy (non-hydrogen) atoms. The van der Waals surface area contributed by atoms with E-state index in [1.165, 1.54) is 32.4 Å². The van der Waals surface area contributed by atoms with Crippen LogP contribution in [0.15, 0.2) is 0 Å². The minimum Gasteiger partial charge on any atom is -0.329 e. The molecule has 3 heteroatoms. The first kappa shape index (κ1) is 13.9. The van der Waals surface area contributed by atoms with Gasteiger partial charge in [0.1, 0.15) is 0 Å². The van der Waals surface area contributed by atoms with Gasteiger partial charge in [-0.3, -0.25) is 9.80 Å². The summed E-state index contributed by atoms with van der Waals surface area (Å²) in [6, 6.07) is 0.646. The van der Waals surface area contributed by atoms with E-state index in [0.29, 0.717) is 6.04 Å². The number of nitrogens with zero attached hydrogens (tertiary/aromatic N) is 2. The van der Waals surface area contributed by atoms with E-state index in [-0.39, 0.29) is 5.54 Å². The lowest BCUT2D eigenvalue weighted by Crippen LogP contribution is -2.54. The Balaban J connectivity index is 2.58. The van der Waals surface area contributed by atoms with Crippen molar-refractivity contribution in [2.24, 2.45) is 5.73 Å². The zero-order valence-corrected chi connectivity index (χ0v) is 11.5. The summed E-state index contributed by atoms with van der Waals surface area (Å²) in [5.74, 6) is 0. The highest BCUT2D eigenvalue weighted by Crippen LogP contribution is 2.27. The molecular weight excluding hydrogens is 198 g/mol. The number of hydrogen-bond acceptors (Lipinski definition) is 3. The van der Waals surface area contributed by atoms with Crippen molar-refractivity contribution in [2.75, 3.05) is 33.2 Å². The smallest absolute Gasteiger partial charge is 0.0467 e. The van der Waals surface area contributed by atoms with Crippen LogP contribution in [0.1, 0.15) is 40.0 Å². The molecule has 3 nitrogen and oxygen atoms in total. The second-order valence-corrected chi connectivity index (χ2v) is 5.52. The molecule has 0 bridgehead atoms. The molecule has 1 fully saturated rings. The molecule has 1 aliphatic heterocycles. The Hall–Kier alpha value is -0.120. The first-order valence-corrected chi connectivity index (χ1v) is 6.71. The van der Waals surface area contributed by atoms with Crippen LogP contribution in [0.2, 0.25) is 0 Å². The molecule has 0 radical (unpaired) electrons. The van der Waals surface area contributed by atoms with Crippen molar-refractivity contribution in [2.45, 2.75) is 51.6 Å². The third-order valence-electron chi connectivity index (χ3n) is 4.13. The minimum absolute atomic E-state index is 0.236. The fraction of sp³-hybridized carbons (Fsp3) is 1.00. The van der Waals surface area contributed by atoms with Crippen molar-refractivity contribution in [3.8, 4) is 0 Å². The van der Waals surface area contributed by atoms with Crippen molar-refractivity contribution >= 4 is 0 Å². The average Bonchev–Trinajstić information content (AvgIpc) is 2.71. The van der Waals surface area contributed by atoms with Crippen LogP contribution in [0.25, 0.3) is 0 Å².